The van der Waals surface area contributed by atoms with Gasteiger partial charge in [0.15, 0.2) is 11.6 Å². The number of benzene rings is 2. The van der Waals surface area contributed by atoms with Crippen LogP contribution in [-0.4, -0.2) is 48.1 Å². The van der Waals surface area contributed by atoms with Crippen LogP contribution in [0.15, 0.2) is 54.7 Å². The van der Waals surface area contributed by atoms with E-state index in [2.05, 4.69) is 10.3 Å². The van der Waals surface area contributed by atoms with Crippen molar-refractivity contribution < 1.29 is 23.1 Å². The zero-order chi connectivity index (χ0) is 24.5. The maximum atomic E-state index is 13.9. The number of rotatable bonds is 10. The van der Waals surface area contributed by atoms with Crippen LogP contribution in [0.25, 0.3) is 10.8 Å². The number of hydrogen-bond acceptors (Lipinski definition) is 5. The quantitative estimate of drug-likeness (QED) is 0.461. The number of nitrogens with zero attached hydrogens (tertiary/aromatic N) is 2. The molecule has 3 rings (SSSR count). The van der Waals surface area contributed by atoms with Gasteiger partial charge in [-0.3, -0.25) is 10.1 Å². The zero-order valence-electron chi connectivity index (χ0n) is 19.0. The molecule has 0 unspecified atom stereocenters. The monoisotopic (exact) mass is 470 g/mol. The number of nitrogens with two attached hydrogens (primary N) is 1. The molecule has 0 aliphatic heterocycles. The zero-order valence-corrected chi connectivity index (χ0v) is 19.0. The van der Waals surface area contributed by atoms with Gasteiger partial charge in [-0.1, -0.05) is 36.4 Å². The van der Waals surface area contributed by atoms with Gasteiger partial charge >= 0.3 is 6.09 Å². The van der Waals surface area contributed by atoms with Crippen LogP contribution in [0.5, 0.6) is 0 Å². The molecule has 9 heteroatoms. The van der Waals surface area contributed by atoms with E-state index in [-0.39, 0.29) is 30.9 Å². The summed E-state index contributed by atoms with van der Waals surface area (Å²) in [5, 5.41) is 4.46. The highest BCUT2D eigenvalue weighted by atomic mass is 19.2. The third-order valence-corrected chi connectivity index (χ3v) is 5.59. The van der Waals surface area contributed by atoms with Crippen molar-refractivity contribution in [1.82, 2.24) is 9.88 Å². The number of halogens is 2. The fraction of sp³-hybridized carbons (Fsp3) is 0.320. The Bertz CT molecular complexity index is 1140. The largest absolute Gasteiger partial charge is 0.447 e. The molecule has 1 aromatic heterocycles. The van der Waals surface area contributed by atoms with Crippen molar-refractivity contribution in [3.63, 3.8) is 0 Å². The number of fused-ring (bicyclic) bond motifs is 1. The summed E-state index contributed by atoms with van der Waals surface area (Å²) in [6.45, 7) is 0.371. The summed E-state index contributed by atoms with van der Waals surface area (Å²) in [6, 6.07) is 12.8. The summed E-state index contributed by atoms with van der Waals surface area (Å²) in [5.41, 5.74) is 5.75. The van der Waals surface area contributed by atoms with Crippen LogP contribution in [0.4, 0.5) is 19.4 Å². The molecule has 0 fully saturated rings. The highest BCUT2D eigenvalue weighted by molar-refractivity contribution is 5.89. The van der Waals surface area contributed by atoms with E-state index in [4.69, 9.17) is 10.5 Å². The van der Waals surface area contributed by atoms with Crippen molar-refractivity contribution in [2.75, 3.05) is 25.5 Å². The van der Waals surface area contributed by atoms with Crippen LogP contribution in [0.1, 0.15) is 24.8 Å². The number of pyridine rings is 1. The van der Waals surface area contributed by atoms with Gasteiger partial charge in [0.2, 0.25) is 5.91 Å². The average Bonchev–Trinajstić information content (AvgIpc) is 2.84. The molecule has 0 bridgehead atoms. The van der Waals surface area contributed by atoms with Gasteiger partial charge in [-0.2, -0.15) is 0 Å². The molecule has 0 aliphatic carbocycles. The molecule has 2 amide bonds. The van der Waals surface area contributed by atoms with Gasteiger partial charge in [0.05, 0.1) is 6.04 Å². The van der Waals surface area contributed by atoms with Gasteiger partial charge in [0.1, 0.15) is 12.4 Å². The first-order valence-electron chi connectivity index (χ1n) is 11.1. The molecule has 0 radical (unpaired) electrons. The molecule has 180 valence electrons. The molecule has 0 saturated carbocycles. The van der Waals surface area contributed by atoms with E-state index in [1.807, 2.05) is 24.3 Å². The number of aryl methyl sites for hydroxylation is 1. The number of carbonyl (C=O) groups is 2. The first-order chi connectivity index (χ1) is 16.4. The Morgan fingerprint density at radius 2 is 1.91 bits per heavy atom. The summed E-state index contributed by atoms with van der Waals surface area (Å²) in [7, 11) is 1.59. The fourth-order valence-electron chi connectivity index (χ4n) is 3.57. The standard InChI is InChI=1S/C25H28F2N4O3/c1-31(23(32)12-11-17-8-4-10-21(26)24(17)27)20(9-5-13-28)16-34-25(33)30-22-14-18-6-2-3-7-19(18)15-29-22/h2-4,6-8,10,14-15,20H,5,9,11-13,16,28H2,1H3,(H,29,30,33)/t20-/m0/s1. The number of carbonyl (C=O) groups excluding carboxylic acids is 2. The van der Waals surface area contributed by atoms with Crippen molar-refractivity contribution in [2.45, 2.75) is 31.7 Å². The van der Waals surface area contributed by atoms with Crippen LogP contribution in [0.2, 0.25) is 0 Å². The maximum Gasteiger partial charge on any atom is 0.412 e. The predicted octanol–water partition coefficient (Wildman–Crippen LogP) is 4.26. The SMILES string of the molecule is CN(C(=O)CCc1cccc(F)c1F)[C@@H](CCCN)COC(=O)Nc1cc2ccccc2cn1. The normalized spacial score (nSPS) is 11.8. The number of aromatic nitrogens is 1. The molecule has 0 aliphatic rings. The van der Waals surface area contributed by atoms with Crippen molar-refractivity contribution >= 4 is 28.6 Å². The number of ether oxygens (including phenoxy) is 1. The third kappa shape index (κ3) is 6.71. The van der Waals surface area contributed by atoms with Crippen LogP contribution in [0, 0.1) is 11.6 Å². The number of nitrogens with one attached hydrogen (secondary N) is 1. The molecule has 2 aromatic carbocycles. The average molecular weight is 471 g/mol. The highest BCUT2D eigenvalue weighted by Crippen LogP contribution is 2.17. The van der Waals surface area contributed by atoms with Crippen LogP contribution in [-0.2, 0) is 16.0 Å². The number of amides is 2. The topological polar surface area (TPSA) is 97.5 Å². The number of anilines is 1. The number of likely N-dealkylation sites (N-methyl/N-ethyl adjacent to an activating group) is 1. The summed E-state index contributed by atoms with van der Waals surface area (Å²) in [4.78, 5) is 30.7. The van der Waals surface area contributed by atoms with Gasteiger partial charge in [0, 0.05) is 25.1 Å². The minimum atomic E-state index is -0.945. The molecular weight excluding hydrogens is 442 g/mol. The van der Waals surface area contributed by atoms with Gasteiger partial charge in [0.25, 0.3) is 0 Å². The second-order valence-electron chi connectivity index (χ2n) is 7.94. The molecule has 1 atom stereocenters. The van der Waals surface area contributed by atoms with Crippen LogP contribution < -0.4 is 11.1 Å². The maximum absolute atomic E-state index is 13.9. The molecule has 3 N–H and O–H groups in total. The summed E-state index contributed by atoms with van der Waals surface area (Å²) in [6.07, 6.45) is 2.16. The molecule has 34 heavy (non-hydrogen) atoms. The van der Waals surface area contributed by atoms with Gasteiger partial charge in [-0.05, 0) is 48.9 Å². The summed E-state index contributed by atoms with van der Waals surface area (Å²) < 4.78 is 32.6. The minimum Gasteiger partial charge on any atom is -0.447 e. The Balaban J connectivity index is 1.56. The van der Waals surface area contributed by atoms with E-state index in [1.54, 1.807) is 19.3 Å². The lowest BCUT2D eigenvalue weighted by molar-refractivity contribution is -0.132. The second kappa shape index (κ2) is 12.0. The Kier molecular flexibility index (Phi) is 8.86. The predicted molar refractivity (Wildman–Crippen MR) is 126 cm³/mol. The minimum absolute atomic E-state index is 0.0107. The van der Waals surface area contributed by atoms with Crippen LogP contribution >= 0.6 is 0 Å². The molecule has 0 saturated heterocycles. The Morgan fingerprint density at radius 3 is 2.68 bits per heavy atom. The molecule has 3 aromatic rings. The Labute approximate surface area is 196 Å². The molecule has 1 heterocycles. The lowest BCUT2D eigenvalue weighted by Crippen LogP contribution is -2.41. The van der Waals surface area contributed by atoms with Crippen molar-refractivity contribution in [1.29, 1.82) is 0 Å². The first-order valence-corrected chi connectivity index (χ1v) is 11.1. The van der Waals surface area contributed by atoms with Gasteiger partial charge < -0.3 is 15.4 Å². The van der Waals surface area contributed by atoms with Gasteiger partial charge in [-0.15, -0.1) is 0 Å². The fourth-order valence-corrected chi connectivity index (χ4v) is 3.57. The van der Waals surface area contributed by atoms with E-state index < -0.39 is 23.8 Å². The lowest BCUT2D eigenvalue weighted by atomic mass is 10.1. The van der Waals surface area contributed by atoms with Crippen molar-refractivity contribution in [3.8, 4) is 0 Å². The Hall–Kier alpha value is -3.59. The molecule has 7 nitrogen and oxygen atoms in total. The highest BCUT2D eigenvalue weighted by Gasteiger charge is 2.22. The van der Waals surface area contributed by atoms with Crippen LogP contribution in [0.3, 0.4) is 0 Å². The third-order valence-electron chi connectivity index (χ3n) is 5.59. The van der Waals surface area contributed by atoms with E-state index in [0.717, 1.165) is 16.8 Å². The molecular formula is C25H28F2N4O3. The first kappa shape index (κ1) is 25.0. The van der Waals surface area contributed by atoms with E-state index in [9.17, 15) is 18.4 Å². The van der Waals surface area contributed by atoms with Crippen molar-refractivity contribution in [2.24, 2.45) is 5.73 Å². The van der Waals surface area contributed by atoms with Crippen molar-refractivity contribution in [3.05, 3.63) is 71.9 Å². The number of hydrogen-bond donors (Lipinski definition) is 2. The van der Waals surface area contributed by atoms with E-state index in [0.29, 0.717) is 25.2 Å². The summed E-state index contributed by atoms with van der Waals surface area (Å²) in [5.74, 6) is -1.81. The van der Waals surface area contributed by atoms with E-state index in [1.165, 1.54) is 17.0 Å². The smallest absolute Gasteiger partial charge is 0.412 e. The van der Waals surface area contributed by atoms with Gasteiger partial charge in [-0.25, -0.2) is 18.6 Å². The lowest BCUT2D eigenvalue weighted by Gasteiger charge is -2.28. The summed E-state index contributed by atoms with van der Waals surface area (Å²) >= 11 is 0. The molecule has 0 spiro atoms. The van der Waals surface area contributed by atoms with E-state index >= 15 is 0 Å². The second-order valence-corrected chi connectivity index (χ2v) is 7.94. The Morgan fingerprint density at radius 1 is 1.15 bits per heavy atom.